The predicted octanol–water partition coefficient (Wildman–Crippen LogP) is 0.670. The van der Waals surface area contributed by atoms with E-state index >= 15 is 0 Å². The first-order chi connectivity index (χ1) is 11.1. The zero-order valence-electron chi connectivity index (χ0n) is 13.1. The topological polar surface area (TPSA) is 96.5 Å². The molecule has 1 aliphatic heterocycles. The summed E-state index contributed by atoms with van der Waals surface area (Å²) in [5.74, 6) is -0.874. The van der Waals surface area contributed by atoms with Crippen LogP contribution in [0.25, 0.3) is 0 Å². The zero-order chi connectivity index (χ0) is 16.7. The Hall–Kier alpha value is -2.41. The van der Waals surface area contributed by atoms with Gasteiger partial charge >= 0.3 is 5.97 Å². The maximum Gasteiger partial charge on any atom is 0.307 e. The van der Waals surface area contributed by atoms with Crippen LogP contribution in [0.15, 0.2) is 24.3 Å². The summed E-state index contributed by atoms with van der Waals surface area (Å²) in [6.07, 6.45) is 1.86. The minimum atomic E-state index is -0.390. The lowest BCUT2D eigenvalue weighted by Crippen LogP contribution is -2.36. The Morgan fingerprint density at radius 3 is 2.78 bits per heavy atom. The molecule has 1 aliphatic rings. The fourth-order valence-electron chi connectivity index (χ4n) is 2.39. The van der Waals surface area contributed by atoms with Gasteiger partial charge in [-0.3, -0.25) is 14.4 Å². The largest absolute Gasteiger partial charge is 0.469 e. The van der Waals surface area contributed by atoms with Gasteiger partial charge in [0.05, 0.1) is 30.8 Å². The maximum atomic E-state index is 12.2. The van der Waals surface area contributed by atoms with Crippen LogP contribution in [-0.4, -0.2) is 44.0 Å². The summed E-state index contributed by atoms with van der Waals surface area (Å²) < 4.78 is 4.52. The molecule has 0 unspecified atom stereocenters. The molecular formula is C16H21N3O4. The summed E-state index contributed by atoms with van der Waals surface area (Å²) in [5.41, 5.74) is 0.825. The van der Waals surface area contributed by atoms with Crippen LogP contribution < -0.4 is 16.0 Å². The smallest absolute Gasteiger partial charge is 0.307 e. The third-order valence-corrected chi connectivity index (χ3v) is 3.65. The van der Waals surface area contributed by atoms with E-state index in [0.717, 1.165) is 19.4 Å². The number of methoxy groups -OCH3 is 1. The first-order valence-electron chi connectivity index (χ1n) is 7.60. The van der Waals surface area contributed by atoms with Crippen molar-refractivity contribution in [3.05, 3.63) is 29.8 Å². The van der Waals surface area contributed by atoms with Crippen LogP contribution in [0.3, 0.4) is 0 Å². The Balaban J connectivity index is 1.97. The van der Waals surface area contributed by atoms with E-state index in [2.05, 4.69) is 20.7 Å². The van der Waals surface area contributed by atoms with Crippen LogP contribution in [-0.2, 0) is 14.3 Å². The summed E-state index contributed by atoms with van der Waals surface area (Å²) >= 11 is 0. The highest BCUT2D eigenvalue weighted by Gasteiger charge is 2.23. The second-order valence-corrected chi connectivity index (χ2v) is 5.27. The number of para-hydroxylation sites is 1. The maximum absolute atomic E-state index is 12.2. The van der Waals surface area contributed by atoms with Crippen molar-refractivity contribution in [3.8, 4) is 0 Å². The number of carbonyl (C=O) groups excluding carboxylic acids is 3. The second-order valence-electron chi connectivity index (χ2n) is 5.27. The lowest BCUT2D eigenvalue weighted by molar-refractivity contribution is -0.140. The third kappa shape index (κ3) is 4.79. The average Bonchev–Trinajstić information content (AvgIpc) is 3.09. The third-order valence-electron chi connectivity index (χ3n) is 3.65. The highest BCUT2D eigenvalue weighted by atomic mass is 16.5. The lowest BCUT2D eigenvalue weighted by Gasteiger charge is -2.14. The molecule has 2 rings (SSSR count). The zero-order valence-corrected chi connectivity index (χ0v) is 13.1. The number of hydrogen-bond acceptors (Lipinski definition) is 5. The second kappa shape index (κ2) is 8.28. The van der Waals surface area contributed by atoms with Crippen molar-refractivity contribution in [1.29, 1.82) is 0 Å². The summed E-state index contributed by atoms with van der Waals surface area (Å²) in [4.78, 5) is 35.4. The van der Waals surface area contributed by atoms with Crippen molar-refractivity contribution >= 4 is 23.5 Å². The molecule has 3 N–H and O–H groups in total. The molecule has 0 bridgehead atoms. The van der Waals surface area contributed by atoms with Crippen LogP contribution in [0.1, 0.15) is 29.6 Å². The summed E-state index contributed by atoms with van der Waals surface area (Å²) in [5, 5.41) is 8.55. The molecule has 0 radical (unpaired) electrons. The average molecular weight is 319 g/mol. The highest BCUT2D eigenvalue weighted by Crippen LogP contribution is 2.16. The van der Waals surface area contributed by atoms with Crippen LogP contribution in [0, 0.1) is 0 Å². The molecule has 0 aromatic heterocycles. The number of rotatable bonds is 6. The van der Waals surface area contributed by atoms with Crippen molar-refractivity contribution in [1.82, 2.24) is 10.6 Å². The molecule has 1 aromatic carbocycles. The Bertz CT molecular complexity index is 582. The number of anilines is 1. The van der Waals surface area contributed by atoms with Gasteiger partial charge in [0.1, 0.15) is 0 Å². The number of carbonyl (C=O) groups is 3. The molecule has 0 aliphatic carbocycles. The van der Waals surface area contributed by atoms with Crippen LogP contribution in [0.2, 0.25) is 0 Å². The van der Waals surface area contributed by atoms with Gasteiger partial charge in [0.2, 0.25) is 5.91 Å². The van der Waals surface area contributed by atoms with E-state index in [4.69, 9.17) is 0 Å². The quantitative estimate of drug-likeness (QED) is 0.670. The van der Waals surface area contributed by atoms with Crippen LogP contribution in [0.5, 0.6) is 0 Å². The van der Waals surface area contributed by atoms with E-state index in [1.807, 2.05) is 0 Å². The number of benzene rings is 1. The molecule has 1 aromatic rings. The van der Waals surface area contributed by atoms with Crippen molar-refractivity contribution < 1.29 is 19.1 Å². The van der Waals surface area contributed by atoms with Gasteiger partial charge in [-0.2, -0.15) is 0 Å². The summed E-state index contributed by atoms with van der Waals surface area (Å²) in [7, 11) is 1.30. The standard InChI is InChI=1S/C16H21N3O4/c1-23-14(20)8-10-18-15(21)11-5-2-3-6-12(11)19-16(22)13-7-4-9-17-13/h2-3,5-6,13,17H,4,7-10H2,1H3,(H,18,21)(H,19,22)/t13-/m0/s1. The van der Waals surface area contributed by atoms with Crippen molar-refractivity contribution in [2.45, 2.75) is 25.3 Å². The molecule has 7 nitrogen and oxygen atoms in total. The Morgan fingerprint density at radius 1 is 1.30 bits per heavy atom. The Kier molecular flexibility index (Phi) is 6.10. The van der Waals surface area contributed by atoms with Crippen molar-refractivity contribution in [3.63, 3.8) is 0 Å². The van der Waals surface area contributed by atoms with Crippen molar-refractivity contribution in [2.75, 3.05) is 25.5 Å². The SMILES string of the molecule is COC(=O)CCNC(=O)c1ccccc1NC(=O)[C@@H]1CCCN1. The molecule has 23 heavy (non-hydrogen) atoms. The molecule has 1 heterocycles. The van der Waals surface area contributed by atoms with Gasteiger partial charge in [0.15, 0.2) is 0 Å². The minimum absolute atomic E-state index is 0.1000. The van der Waals surface area contributed by atoms with Gasteiger partial charge in [-0.05, 0) is 31.5 Å². The van der Waals surface area contributed by atoms with Gasteiger partial charge < -0.3 is 20.7 Å². The summed E-state index contributed by atoms with van der Waals surface area (Å²) in [6, 6.07) is 6.57. The molecule has 124 valence electrons. The van der Waals surface area contributed by atoms with E-state index < -0.39 is 0 Å². The number of nitrogens with one attached hydrogen (secondary N) is 3. The predicted molar refractivity (Wildman–Crippen MR) is 85.1 cm³/mol. The molecular weight excluding hydrogens is 298 g/mol. The van der Waals surface area contributed by atoms with Gasteiger partial charge in [0.25, 0.3) is 5.91 Å². The molecule has 0 saturated carbocycles. The molecule has 7 heteroatoms. The monoisotopic (exact) mass is 319 g/mol. The first-order valence-corrected chi connectivity index (χ1v) is 7.60. The van der Waals surface area contributed by atoms with E-state index in [1.165, 1.54) is 7.11 Å². The van der Waals surface area contributed by atoms with E-state index in [-0.39, 0.29) is 36.8 Å². The number of esters is 1. The van der Waals surface area contributed by atoms with Gasteiger partial charge in [-0.1, -0.05) is 12.1 Å². The van der Waals surface area contributed by atoms with E-state index in [9.17, 15) is 14.4 Å². The minimum Gasteiger partial charge on any atom is -0.469 e. The molecule has 2 amide bonds. The van der Waals surface area contributed by atoms with Crippen LogP contribution in [0.4, 0.5) is 5.69 Å². The summed E-state index contributed by atoms with van der Waals surface area (Å²) in [6.45, 7) is 1.01. The van der Waals surface area contributed by atoms with Gasteiger partial charge in [0, 0.05) is 6.54 Å². The number of hydrogen-bond donors (Lipinski definition) is 3. The lowest BCUT2D eigenvalue weighted by atomic mass is 10.1. The fourth-order valence-corrected chi connectivity index (χ4v) is 2.39. The number of ether oxygens (including phenoxy) is 1. The first kappa shape index (κ1) is 17.0. The van der Waals surface area contributed by atoms with Crippen LogP contribution >= 0.6 is 0 Å². The van der Waals surface area contributed by atoms with Gasteiger partial charge in [-0.25, -0.2) is 0 Å². The van der Waals surface area contributed by atoms with Crippen molar-refractivity contribution in [2.24, 2.45) is 0 Å². The van der Waals surface area contributed by atoms with Gasteiger partial charge in [-0.15, -0.1) is 0 Å². The normalized spacial score (nSPS) is 16.7. The fraction of sp³-hybridized carbons (Fsp3) is 0.438. The molecule has 1 atom stereocenters. The molecule has 1 fully saturated rings. The highest BCUT2D eigenvalue weighted by molar-refractivity contribution is 6.04. The number of amides is 2. The van der Waals surface area contributed by atoms with E-state index in [0.29, 0.717) is 11.3 Å². The van der Waals surface area contributed by atoms with E-state index in [1.54, 1.807) is 24.3 Å². The molecule has 1 saturated heterocycles. The molecule has 0 spiro atoms. The Labute approximate surface area is 134 Å². The Morgan fingerprint density at radius 2 is 2.09 bits per heavy atom.